The Kier molecular flexibility index (Phi) is 5.81. The average Bonchev–Trinajstić information content (AvgIpc) is 3.07. The summed E-state index contributed by atoms with van der Waals surface area (Å²) in [5.74, 6) is 0.841. The molecule has 1 N–H and O–H groups in total. The second kappa shape index (κ2) is 8.87. The van der Waals surface area contributed by atoms with E-state index >= 15 is 0 Å². The molecule has 0 fully saturated rings. The molecule has 0 saturated heterocycles. The van der Waals surface area contributed by atoms with Crippen molar-refractivity contribution in [3.8, 4) is 17.4 Å². The van der Waals surface area contributed by atoms with Crippen LogP contribution >= 0.6 is 0 Å². The number of anilines is 1. The lowest BCUT2D eigenvalue weighted by Crippen LogP contribution is -2.13. The third kappa shape index (κ3) is 4.54. The fraction of sp³-hybridized carbons (Fsp3) is 0.130. The van der Waals surface area contributed by atoms with Gasteiger partial charge in [0.1, 0.15) is 17.6 Å². The summed E-state index contributed by atoms with van der Waals surface area (Å²) in [5.41, 5.74) is 3.19. The zero-order chi connectivity index (χ0) is 23.5. The Labute approximate surface area is 189 Å². The van der Waals surface area contributed by atoms with Gasteiger partial charge < -0.3 is 10.1 Å². The van der Waals surface area contributed by atoms with E-state index in [0.29, 0.717) is 23.1 Å². The third-order valence-electron chi connectivity index (χ3n) is 5.18. The van der Waals surface area contributed by atoms with Crippen LogP contribution in [0.2, 0.25) is 0 Å². The molecule has 10 nitrogen and oxygen atoms in total. The van der Waals surface area contributed by atoms with Gasteiger partial charge in [-0.1, -0.05) is 12.1 Å². The van der Waals surface area contributed by atoms with Crippen LogP contribution in [0.25, 0.3) is 5.82 Å². The average molecular weight is 444 g/mol. The maximum Gasteiger partial charge on any atom is 0.282 e. The topological polar surface area (TPSA) is 125 Å². The molecule has 0 radical (unpaired) electrons. The van der Waals surface area contributed by atoms with Crippen molar-refractivity contribution in [2.75, 3.05) is 5.32 Å². The fourth-order valence-electron chi connectivity index (χ4n) is 3.20. The van der Waals surface area contributed by atoms with E-state index in [4.69, 9.17) is 4.74 Å². The molecule has 0 saturated carbocycles. The highest BCUT2D eigenvalue weighted by Crippen LogP contribution is 2.24. The van der Waals surface area contributed by atoms with Gasteiger partial charge in [-0.25, -0.2) is 14.6 Å². The summed E-state index contributed by atoms with van der Waals surface area (Å²) in [6.45, 7) is 5.91. The molecule has 10 heteroatoms. The molecule has 0 aliphatic rings. The van der Waals surface area contributed by atoms with Crippen LogP contribution in [-0.4, -0.2) is 30.6 Å². The Morgan fingerprint density at radius 3 is 2.45 bits per heavy atom. The van der Waals surface area contributed by atoms with E-state index in [0.717, 1.165) is 17.0 Å². The molecule has 0 unspecified atom stereocenters. The lowest BCUT2D eigenvalue weighted by Gasteiger charge is -2.09. The lowest BCUT2D eigenvalue weighted by molar-refractivity contribution is -0.385. The van der Waals surface area contributed by atoms with Crippen LogP contribution in [0, 0.1) is 30.9 Å². The van der Waals surface area contributed by atoms with Gasteiger partial charge in [-0.2, -0.15) is 5.10 Å². The number of carbonyl (C=O) groups excluding carboxylic acids is 1. The minimum absolute atomic E-state index is 0.0178. The van der Waals surface area contributed by atoms with Crippen LogP contribution in [0.5, 0.6) is 11.6 Å². The van der Waals surface area contributed by atoms with Gasteiger partial charge in [-0.3, -0.25) is 14.9 Å². The monoisotopic (exact) mass is 444 g/mol. The van der Waals surface area contributed by atoms with E-state index in [-0.39, 0.29) is 11.3 Å². The number of amides is 1. The smallest absolute Gasteiger partial charge is 0.282 e. The predicted octanol–water partition coefficient (Wildman–Crippen LogP) is 4.54. The molecule has 2 aromatic heterocycles. The van der Waals surface area contributed by atoms with Crippen LogP contribution in [0.4, 0.5) is 11.4 Å². The normalized spacial score (nSPS) is 10.6. The van der Waals surface area contributed by atoms with E-state index in [2.05, 4.69) is 20.4 Å². The molecule has 0 atom stereocenters. The Morgan fingerprint density at radius 2 is 1.79 bits per heavy atom. The van der Waals surface area contributed by atoms with Crippen LogP contribution < -0.4 is 10.1 Å². The highest BCUT2D eigenvalue weighted by Gasteiger charge is 2.19. The number of nitrogens with one attached hydrogen (secondary N) is 1. The van der Waals surface area contributed by atoms with Crippen molar-refractivity contribution in [2.45, 2.75) is 20.8 Å². The summed E-state index contributed by atoms with van der Waals surface area (Å²) in [7, 11) is 0. The van der Waals surface area contributed by atoms with Crippen molar-refractivity contribution in [2.24, 2.45) is 0 Å². The van der Waals surface area contributed by atoms with Gasteiger partial charge in [0.25, 0.3) is 11.6 Å². The number of nitro benzene ring substituents is 1. The van der Waals surface area contributed by atoms with Crippen molar-refractivity contribution in [1.29, 1.82) is 0 Å². The maximum atomic E-state index is 12.5. The van der Waals surface area contributed by atoms with Crippen molar-refractivity contribution >= 4 is 17.3 Å². The molecule has 166 valence electrons. The van der Waals surface area contributed by atoms with Crippen molar-refractivity contribution in [1.82, 2.24) is 19.7 Å². The molecule has 2 aromatic carbocycles. The summed E-state index contributed by atoms with van der Waals surface area (Å²) >= 11 is 0. The Hall–Kier alpha value is -4.60. The minimum atomic E-state index is -0.588. The molecule has 4 rings (SSSR count). The first kappa shape index (κ1) is 21.6. The third-order valence-corrected chi connectivity index (χ3v) is 5.18. The number of benzene rings is 2. The number of hydrogen-bond acceptors (Lipinski definition) is 7. The van der Waals surface area contributed by atoms with Gasteiger partial charge in [-0.15, -0.1) is 0 Å². The largest absolute Gasteiger partial charge is 0.439 e. The van der Waals surface area contributed by atoms with Gasteiger partial charge in [0.2, 0.25) is 5.88 Å². The van der Waals surface area contributed by atoms with Gasteiger partial charge in [0.05, 0.1) is 10.6 Å². The molecule has 0 aliphatic heterocycles. The second-order valence-electron chi connectivity index (χ2n) is 7.28. The highest BCUT2D eigenvalue weighted by molar-refractivity contribution is 6.07. The Morgan fingerprint density at radius 1 is 1.06 bits per heavy atom. The summed E-state index contributed by atoms with van der Waals surface area (Å²) in [6, 6.07) is 14.0. The number of carbonyl (C=O) groups is 1. The zero-order valence-corrected chi connectivity index (χ0v) is 18.1. The van der Waals surface area contributed by atoms with Crippen molar-refractivity contribution < 1.29 is 14.5 Å². The number of hydrogen-bond donors (Lipinski definition) is 1. The predicted molar refractivity (Wildman–Crippen MR) is 121 cm³/mol. The van der Waals surface area contributed by atoms with Crippen LogP contribution in [0.3, 0.4) is 0 Å². The summed E-state index contributed by atoms with van der Waals surface area (Å²) in [5, 5.41) is 18.3. The first-order valence-corrected chi connectivity index (χ1v) is 10.0. The van der Waals surface area contributed by atoms with Gasteiger partial charge in [0, 0.05) is 23.5 Å². The summed E-state index contributed by atoms with van der Waals surface area (Å²) in [4.78, 5) is 31.4. The van der Waals surface area contributed by atoms with Crippen LogP contribution in [0.15, 0.2) is 60.9 Å². The van der Waals surface area contributed by atoms with Crippen molar-refractivity contribution in [3.05, 3.63) is 93.6 Å². The number of aryl methyl sites for hydroxylation is 1. The van der Waals surface area contributed by atoms with E-state index in [1.54, 1.807) is 41.1 Å². The van der Waals surface area contributed by atoms with Gasteiger partial charge in [-0.05, 0) is 56.7 Å². The quantitative estimate of drug-likeness (QED) is 0.342. The standard InChI is InChI=1S/C23H20N6O4/c1-14-15(2)27-28(16(14)3)21-12-22(25-13-24-21)33-18-10-8-17(9-11-18)26-23(30)19-6-4-5-7-20(19)29(31)32/h4-13H,1-3H3,(H,26,30). The molecule has 33 heavy (non-hydrogen) atoms. The summed E-state index contributed by atoms with van der Waals surface area (Å²) < 4.78 is 7.56. The zero-order valence-electron chi connectivity index (χ0n) is 18.1. The van der Waals surface area contributed by atoms with Crippen molar-refractivity contribution in [3.63, 3.8) is 0 Å². The van der Waals surface area contributed by atoms with Crippen LogP contribution in [-0.2, 0) is 0 Å². The molecular formula is C23H20N6O4. The lowest BCUT2D eigenvalue weighted by atomic mass is 10.1. The SMILES string of the molecule is Cc1nn(-c2cc(Oc3ccc(NC(=O)c4ccccc4[N+](=O)[O-])cc3)ncn2)c(C)c1C. The Balaban J connectivity index is 1.48. The minimum Gasteiger partial charge on any atom is -0.439 e. The first-order valence-electron chi connectivity index (χ1n) is 10.0. The number of aromatic nitrogens is 4. The van der Waals surface area contributed by atoms with Gasteiger partial charge >= 0.3 is 0 Å². The summed E-state index contributed by atoms with van der Waals surface area (Å²) in [6.07, 6.45) is 1.40. The molecule has 1 amide bonds. The van der Waals surface area contributed by atoms with E-state index in [1.165, 1.54) is 24.5 Å². The maximum absolute atomic E-state index is 12.5. The highest BCUT2D eigenvalue weighted by atomic mass is 16.6. The van der Waals surface area contributed by atoms with E-state index in [1.807, 2.05) is 20.8 Å². The molecule has 2 heterocycles. The first-order chi connectivity index (χ1) is 15.8. The molecule has 0 bridgehead atoms. The van der Waals surface area contributed by atoms with E-state index < -0.39 is 10.8 Å². The van der Waals surface area contributed by atoms with E-state index in [9.17, 15) is 14.9 Å². The molecule has 0 aliphatic carbocycles. The Bertz CT molecular complexity index is 1350. The molecule has 4 aromatic rings. The molecular weight excluding hydrogens is 424 g/mol. The van der Waals surface area contributed by atoms with Gasteiger partial charge in [0.15, 0.2) is 5.82 Å². The number of ether oxygens (including phenoxy) is 1. The molecule has 0 spiro atoms. The number of rotatable bonds is 6. The number of nitrogens with zero attached hydrogens (tertiary/aromatic N) is 5. The van der Waals surface area contributed by atoms with Crippen LogP contribution in [0.1, 0.15) is 27.3 Å². The second-order valence-corrected chi connectivity index (χ2v) is 7.28. The number of para-hydroxylation sites is 1. The fourth-order valence-corrected chi connectivity index (χ4v) is 3.20. The number of nitro groups is 1.